The van der Waals surface area contributed by atoms with Crippen molar-refractivity contribution in [2.75, 3.05) is 18.9 Å². The molecule has 112 valence electrons. The van der Waals surface area contributed by atoms with Crippen molar-refractivity contribution in [1.82, 2.24) is 4.90 Å². The van der Waals surface area contributed by atoms with Crippen LogP contribution in [0.3, 0.4) is 0 Å². The van der Waals surface area contributed by atoms with Crippen LogP contribution in [0.4, 0.5) is 5.69 Å². The molecule has 0 spiro atoms. The zero-order chi connectivity index (χ0) is 15.9. The normalized spacial score (nSPS) is 9.86. The molecule has 2 rings (SSSR count). The molecule has 22 heavy (non-hydrogen) atoms. The minimum Gasteiger partial charge on any atom is -0.381 e. The van der Waals surface area contributed by atoms with Crippen LogP contribution in [0, 0.1) is 19.3 Å². The maximum atomic E-state index is 12.1. The first kappa shape index (κ1) is 15.7. The van der Waals surface area contributed by atoms with Crippen LogP contribution >= 0.6 is 0 Å². The van der Waals surface area contributed by atoms with Gasteiger partial charge in [-0.15, -0.1) is 6.42 Å². The largest absolute Gasteiger partial charge is 0.381 e. The number of anilines is 1. The van der Waals surface area contributed by atoms with Crippen molar-refractivity contribution < 1.29 is 4.79 Å². The van der Waals surface area contributed by atoms with Gasteiger partial charge in [0.15, 0.2) is 0 Å². The number of nitrogens with one attached hydrogen (secondary N) is 1. The van der Waals surface area contributed by atoms with Crippen molar-refractivity contribution in [2.24, 2.45) is 0 Å². The van der Waals surface area contributed by atoms with Gasteiger partial charge in [-0.1, -0.05) is 35.7 Å². The minimum absolute atomic E-state index is 0.0593. The third-order valence-corrected chi connectivity index (χ3v) is 3.42. The third kappa shape index (κ3) is 4.13. The monoisotopic (exact) mass is 292 g/mol. The van der Waals surface area contributed by atoms with Crippen LogP contribution in [0.2, 0.25) is 0 Å². The Bertz CT molecular complexity index is 666. The Labute approximate surface area is 132 Å². The Morgan fingerprint density at radius 3 is 2.36 bits per heavy atom. The van der Waals surface area contributed by atoms with Crippen LogP contribution in [-0.2, 0) is 6.54 Å². The van der Waals surface area contributed by atoms with E-state index >= 15 is 0 Å². The molecule has 0 radical (unpaired) electrons. The van der Waals surface area contributed by atoms with Crippen molar-refractivity contribution in [1.29, 1.82) is 0 Å². The molecule has 0 unspecified atom stereocenters. The van der Waals surface area contributed by atoms with Gasteiger partial charge in [0.25, 0.3) is 5.91 Å². The molecular formula is C19H20N2O. The van der Waals surface area contributed by atoms with Gasteiger partial charge in [0.1, 0.15) is 0 Å². The van der Waals surface area contributed by atoms with Gasteiger partial charge in [0.2, 0.25) is 0 Å². The van der Waals surface area contributed by atoms with Crippen LogP contribution in [0.25, 0.3) is 0 Å². The second kappa shape index (κ2) is 7.33. The Morgan fingerprint density at radius 2 is 1.77 bits per heavy atom. The van der Waals surface area contributed by atoms with Gasteiger partial charge in [-0.3, -0.25) is 4.79 Å². The fourth-order valence-corrected chi connectivity index (χ4v) is 2.07. The second-order valence-corrected chi connectivity index (χ2v) is 5.28. The van der Waals surface area contributed by atoms with E-state index < -0.39 is 0 Å². The van der Waals surface area contributed by atoms with Gasteiger partial charge in [-0.2, -0.15) is 0 Å². The lowest BCUT2D eigenvalue weighted by atomic mass is 10.1. The van der Waals surface area contributed by atoms with Crippen molar-refractivity contribution >= 4 is 11.6 Å². The summed E-state index contributed by atoms with van der Waals surface area (Å²) in [6.07, 6.45) is 5.22. The quantitative estimate of drug-likeness (QED) is 0.858. The maximum Gasteiger partial charge on any atom is 0.254 e. The van der Waals surface area contributed by atoms with Crippen LogP contribution in [-0.4, -0.2) is 24.4 Å². The Morgan fingerprint density at radius 1 is 1.14 bits per heavy atom. The van der Waals surface area contributed by atoms with Crippen molar-refractivity contribution in [3.63, 3.8) is 0 Å². The Kier molecular flexibility index (Phi) is 5.21. The summed E-state index contributed by atoms with van der Waals surface area (Å²) in [5.74, 6) is 2.41. The first-order valence-electron chi connectivity index (χ1n) is 7.18. The van der Waals surface area contributed by atoms with Crippen LogP contribution in [0.15, 0.2) is 48.5 Å². The van der Waals surface area contributed by atoms with Crippen LogP contribution < -0.4 is 5.32 Å². The minimum atomic E-state index is -0.0593. The zero-order valence-corrected chi connectivity index (χ0v) is 13.0. The summed E-state index contributed by atoms with van der Waals surface area (Å²) >= 11 is 0. The van der Waals surface area contributed by atoms with Crippen molar-refractivity contribution in [2.45, 2.75) is 13.5 Å². The zero-order valence-electron chi connectivity index (χ0n) is 13.0. The van der Waals surface area contributed by atoms with Gasteiger partial charge in [-0.05, 0) is 36.8 Å². The van der Waals surface area contributed by atoms with Crippen LogP contribution in [0.1, 0.15) is 21.5 Å². The van der Waals surface area contributed by atoms with E-state index in [0.29, 0.717) is 12.1 Å². The highest BCUT2D eigenvalue weighted by atomic mass is 16.2. The highest BCUT2D eigenvalue weighted by molar-refractivity contribution is 5.94. The van der Waals surface area contributed by atoms with Crippen LogP contribution in [0.5, 0.6) is 0 Å². The third-order valence-electron chi connectivity index (χ3n) is 3.42. The second-order valence-electron chi connectivity index (χ2n) is 5.28. The summed E-state index contributed by atoms with van der Waals surface area (Å²) in [6, 6.07) is 15.8. The molecule has 1 N–H and O–H groups in total. The van der Waals surface area contributed by atoms with Gasteiger partial charge >= 0.3 is 0 Å². The number of hydrogen-bond donors (Lipinski definition) is 1. The van der Waals surface area contributed by atoms with E-state index in [9.17, 15) is 4.79 Å². The molecule has 0 bridgehead atoms. The SMILES string of the molecule is C#CCN(C)C(=O)c1ccc(CNc2ccc(C)cc2)cc1. The topological polar surface area (TPSA) is 32.3 Å². The lowest BCUT2D eigenvalue weighted by molar-refractivity contribution is 0.0812. The van der Waals surface area contributed by atoms with E-state index in [-0.39, 0.29) is 5.91 Å². The number of hydrogen-bond acceptors (Lipinski definition) is 2. The summed E-state index contributed by atoms with van der Waals surface area (Å²) < 4.78 is 0. The molecule has 0 aromatic heterocycles. The molecule has 2 aromatic rings. The lowest BCUT2D eigenvalue weighted by Crippen LogP contribution is -2.26. The maximum absolute atomic E-state index is 12.1. The Balaban J connectivity index is 1.96. The molecule has 0 saturated heterocycles. The van der Waals surface area contributed by atoms with E-state index in [1.807, 2.05) is 24.3 Å². The average Bonchev–Trinajstić information content (AvgIpc) is 2.54. The van der Waals surface area contributed by atoms with Gasteiger partial charge in [0, 0.05) is 24.8 Å². The number of benzene rings is 2. The van der Waals surface area contributed by atoms with Crippen molar-refractivity contribution in [3.8, 4) is 12.3 Å². The van der Waals surface area contributed by atoms with E-state index in [4.69, 9.17) is 6.42 Å². The molecule has 1 amide bonds. The van der Waals surface area contributed by atoms with E-state index in [1.165, 1.54) is 10.5 Å². The lowest BCUT2D eigenvalue weighted by Gasteiger charge is -2.14. The summed E-state index contributed by atoms with van der Waals surface area (Å²) in [5.41, 5.74) is 4.09. The van der Waals surface area contributed by atoms with E-state index in [1.54, 1.807) is 7.05 Å². The Hall–Kier alpha value is -2.73. The molecule has 0 fully saturated rings. The van der Waals surface area contributed by atoms with Gasteiger partial charge in [0.05, 0.1) is 6.54 Å². The number of nitrogens with zero attached hydrogens (tertiary/aromatic N) is 1. The van der Waals surface area contributed by atoms with Crippen molar-refractivity contribution in [3.05, 3.63) is 65.2 Å². The fraction of sp³-hybridized carbons (Fsp3) is 0.211. The number of rotatable bonds is 5. The molecule has 3 nitrogen and oxygen atoms in total. The predicted octanol–water partition coefficient (Wildman–Crippen LogP) is 3.31. The fourth-order valence-electron chi connectivity index (χ4n) is 2.07. The smallest absolute Gasteiger partial charge is 0.254 e. The summed E-state index contributed by atoms with van der Waals surface area (Å²) in [4.78, 5) is 13.6. The number of terminal acetylenes is 1. The molecule has 0 aliphatic carbocycles. The number of amides is 1. The molecule has 0 atom stereocenters. The first-order valence-corrected chi connectivity index (χ1v) is 7.18. The number of carbonyl (C=O) groups excluding carboxylic acids is 1. The molecule has 2 aromatic carbocycles. The van der Waals surface area contributed by atoms with E-state index in [2.05, 4.69) is 42.4 Å². The predicted molar refractivity (Wildman–Crippen MR) is 90.7 cm³/mol. The summed E-state index contributed by atoms with van der Waals surface area (Å²) in [6.45, 7) is 3.10. The summed E-state index contributed by atoms with van der Waals surface area (Å²) in [7, 11) is 1.70. The molecule has 3 heteroatoms. The highest BCUT2D eigenvalue weighted by Crippen LogP contribution is 2.12. The van der Waals surface area contributed by atoms with Gasteiger partial charge < -0.3 is 10.2 Å². The molecule has 0 heterocycles. The number of carbonyl (C=O) groups is 1. The van der Waals surface area contributed by atoms with Gasteiger partial charge in [-0.25, -0.2) is 0 Å². The standard InChI is InChI=1S/C19H20N2O/c1-4-13-21(3)19(22)17-9-7-16(8-10-17)14-20-18-11-5-15(2)6-12-18/h1,5-12,20H,13-14H2,2-3H3. The first-order chi connectivity index (χ1) is 10.6. The number of aryl methyl sites for hydroxylation is 1. The molecule has 0 aliphatic heterocycles. The molecule has 0 aliphatic rings. The molecular weight excluding hydrogens is 272 g/mol. The summed E-state index contributed by atoms with van der Waals surface area (Å²) in [5, 5.41) is 3.36. The highest BCUT2D eigenvalue weighted by Gasteiger charge is 2.09. The van der Waals surface area contributed by atoms with E-state index in [0.717, 1.165) is 17.8 Å². The average molecular weight is 292 g/mol. The molecule has 0 saturated carbocycles.